The zero-order chi connectivity index (χ0) is 19.8. The van der Waals surface area contributed by atoms with E-state index < -0.39 is 18.4 Å². The van der Waals surface area contributed by atoms with Crippen molar-refractivity contribution in [1.82, 2.24) is 4.98 Å². The largest absolute Gasteiger partial charge is 0.458 e. The highest BCUT2D eigenvalue weighted by molar-refractivity contribution is 6.01. The fourth-order valence-corrected chi connectivity index (χ4v) is 2.97. The molecule has 1 aliphatic rings. The van der Waals surface area contributed by atoms with Gasteiger partial charge in [0.15, 0.2) is 0 Å². The van der Waals surface area contributed by atoms with Crippen LogP contribution in [0.25, 0.3) is 22.3 Å². The van der Waals surface area contributed by atoms with Crippen molar-refractivity contribution in [3.63, 3.8) is 0 Å². The predicted molar refractivity (Wildman–Crippen MR) is 98.4 cm³/mol. The van der Waals surface area contributed by atoms with Crippen molar-refractivity contribution in [3.8, 4) is 22.3 Å². The predicted octanol–water partition coefficient (Wildman–Crippen LogP) is 4.79. The van der Waals surface area contributed by atoms with Crippen LogP contribution >= 0.6 is 0 Å². The summed E-state index contributed by atoms with van der Waals surface area (Å²) >= 11 is 0. The summed E-state index contributed by atoms with van der Waals surface area (Å²) in [5, 5.41) is 13.0. The summed E-state index contributed by atoms with van der Waals surface area (Å²) in [6.45, 7) is 0. The van der Waals surface area contributed by atoms with Gasteiger partial charge in [-0.15, -0.1) is 0 Å². The van der Waals surface area contributed by atoms with Gasteiger partial charge in [0, 0.05) is 23.5 Å². The molecule has 3 aromatic rings. The lowest BCUT2D eigenvalue weighted by Crippen LogP contribution is -2.45. The Morgan fingerprint density at radius 2 is 1.39 bits per heavy atom. The van der Waals surface area contributed by atoms with Gasteiger partial charge in [0.1, 0.15) is 0 Å². The highest BCUT2D eigenvalue weighted by Gasteiger charge is 2.60. The second kappa shape index (κ2) is 6.76. The Balaban J connectivity index is 1.57. The molecule has 1 unspecified atom stereocenters. The molecule has 7 heteroatoms. The number of aromatic nitrogens is 1. The number of aliphatic hydroxyl groups is 1. The Bertz CT molecular complexity index is 1020. The van der Waals surface area contributed by atoms with Gasteiger partial charge >= 0.3 is 12.0 Å². The fourth-order valence-electron chi connectivity index (χ4n) is 2.97. The Morgan fingerprint density at radius 1 is 0.821 bits per heavy atom. The molecule has 1 N–H and O–H groups in total. The third kappa shape index (κ3) is 3.36. The van der Waals surface area contributed by atoms with Gasteiger partial charge in [-0.25, -0.2) is 0 Å². The molecule has 0 saturated heterocycles. The quantitative estimate of drug-likeness (QED) is 0.706. The van der Waals surface area contributed by atoms with E-state index in [1.54, 1.807) is 36.7 Å². The molecule has 1 atom stereocenters. The molecule has 1 aromatic heterocycles. The molecule has 4 nitrogen and oxygen atoms in total. The molecule has 2 heterocycles. The van der Waals surface area contributed by atoms with Gasteiger partial charge in [-0.3, -0.25) is 4.98 Å². The van der Waals surface area contributed by atoms with Crippen molar-refractivity contribution >= 4 is 5.71 Å². The lowest BCUT2D eigenvalue weighted by Gasteiger charge is -2.22. The van der Waals surface area contributed by atoms with Crippen LogP contribution in [0.5, 0.6) is 0 Å². The molecule has 0 fully saturated rings. The number of oxime groups is 1. The molecule has 0 bridgehead atoms. The number of alkyl halides is 3. The van der Waals surface area contributed by atoms with E-state index in [1.165, 1.54) is 0 Å². The van der Waals surface area contributed by atoms with Crippen LogP contribution in [0.4, 0.5) is 13.2 Å². The molecule has 0 aliphatic carbocycles. The summed E-state index contributed by atoms with van der Waals surface area (Å²) in [5.74, 6) is -3.27. The van der Waals surface area contributed by atoms with Gasteiger partial charge in [-0.2, -0.15) is 13.2 Å². The first-order chi connectivity index (χ1) is 13.4. The van der Waals surface area contributed by atoms with E-state index in [4.69, 9.17) is 0 Å². The summed E-state index contributed by atoms with van der Waals surface area (Å²) in [7, 11) is 0. The van der Waals surface area contributed by atoms with Gasteiger partial charge in [0.05, 0.1) is 12.1 Å². The second-order valence-electron chi connectivity index (χ2n) is 6.49. The average Bonchev–Trinajstić information content (AvgIpc) is 3.13. The minimum Gasteiger partial charge on any atom is -0.350 e. The Labute approximate surface area is 158 Å². The van der Waals surface area contributed by atoms with E-state index in [2.05, 4.69) is 15.0 Å². The van der Waals surface area contributed by atoms with Gasteiger partial charge in [-0.1, -0.05) is 59.8 Å². The molecular formula is C21H15F3N2O2. The van der Waals surface area contributed by atoms with Crippen molar-refractivity contribution in [2.24, 2.45) is 5.16 Å². The van der Waals surface area contributed by atoms with Crippen LogP contribution in [-0.4, -0.2) is 27.8 Å². The summed E-state index contributed by atoms with van der Waals surface area (Å²) in [6, 6.07) is 18.7. The van der Waals surface area contributed by atoms with Crippen LogP contribution in [0.15, 0.2) is 78.2 Å². The minimum atomic E-state index is -4.91. The number of rotatable bonds is 3. The first-order valence-electron chi connectivity index (χ1n) is 8.51. The Morgan fingerprint density at radius 3 is 1.96 bits per heavy atom. The van der Waals surface area contributed by atoms with Gasteiger partial charge in [-0.05, 0) is 22.8 Å². The monoisotopic (exact) mass is 384 g/mol. The van der Waals surface area contributed by atoms with Crippen molar-refractivity contribution < 1.29 is 23.1 Å². The van der Waals surface area contributed by atoms with Crippen molar-refractivity contribution in [3.05, 3.63) is 78.6 Å². The standard InChI is InChI=1S/C21H15F3N2O2/c22-21(23,24)20(27)11-19(26-28-20)16-8-6-15(7-9-16)18-10-17(12-25-13-18)14-4-2-1-3-5-14/h1-10,12-13,27H,11H2. The molecule has 142 valence electrons. The summed E-state index contributed by atoms with van der Waals surface area (Å²) in [6.07, 6.45) is -2.17. The first-order valence-corrected chi connectivity index (χ1v) is 8.51. The summed E-state index contributed by atoms with van der Waals surface area (Å²) in [5.41, 5.74) is 4.24. The number of halogens is 3. The Hall–Kier alpha value is -3.19. The lowest BCUT2D eigenvalue weighted by molar-refractivity contribution is -0.355. The molecule has 0 spiro atoms. The third-order valence-electron chi connectivity index (χ3n) is 4.55. The molecule has 0 radical (unpaired) electrons. The van der Waals surface area contributed by atoms with Crippen molar-refractivity contribution in [2.75, 3.05) is 0 Å². The zero-order valence-corrected chi connectivity index (χ0v) is 14.5. The van der Waals surface area contributed by atoms with E-state index >= 15 is 0 Å². The number of hydrogen-bond acceptors (Lipinski definition) is 4. The molecule has 0 amide bonds. The highest BCUT2D eigenvalue weighted by Crippen LogP contribution is 2.39. The van der Waals surface area contributed by atoms with Crippen LogP contribution in [0, 0.1) is 0 Å². The van der Waals surface area contributed by atoms with E-state index in [9.17, 15) is 18.3 Å². The molecule has 28 heavy (non-hydrogen) atoms. The maximum absolute atomic E-state index is 12.8. The molecule has 2 aromatic carbocycles. The van der Waals surface area contributed by atoms with Crippen molar-refractivity contribution in [2.45, 2.75) is 18.4 Å². The van der Waals surface area contributed by atoms with E-state index in [0.29, 0.717) is 5.56 Å². The molecular weight excluding hydrogens is 369 g/mol. The van der Waals surface area contributed by atoms with Crippen molar-refractivity contribution in [1.29, 1.82) is 0 Å². The second-order valence-corrected chi connectivity index (χ2v) is 6.49. The maximum atomic E-state index is 12.8. The van der Waals surface area contributed by atoms with Crippen LogP contribution in [0.1, 0.15) is 12.0 Å². The third-order valence-corrected chi connectivity index (χ3v) is 4.55. The zero-order valence-electron chi connectivity index (χ0n) is 14.5. The fraction of sp³-hybridized carbons (Fsp3) is 0.143. The van der Waals surface area contributed by atoms with Crippen LogP contribution < -0.4 is 0 Å². The van der Waals surface area contributed by atoms with E-state index in [1.807, 2.05) is 36.4 Å². The van der Waals surface area contributed by atoms with E-state index in [-0.39, 0.29) is 5.71 Å². The number of benzene rings is 2. The van der Waals surface area contributed by atoms with Crippen LogP contribution in [0.3, 0.4) is 0 Å². The summed E-state index contributed by atoms with van der Waals surface area (Å²) in [4.78, 5) is 8.54. The first kappa shape index (κ1) is 18.2. The number of pyridine rings is 1. The lowest BCUT2D eigenvalue weighted by atomic mass is 9.98. The minimum absolute atomic E-state index is 0.0440. The number of nitrogens with zero attached hydrogens (tertiary/aromatic N) is 2. The maximum Gasteiger partial charge on any atom is 0.458 e. The van der Waals surface area contributed by atoms with Gasteiger partial charge < -0.3 is 9.94 Å². The highest BCUT2D eigenvalue weighted by atomic mass is 19.4. The SMILES string of the molecule is OC1(C(F)(F)F)CC(c2ccc(-c3cncc(-c4ccccc4)c3)cc2)=NO1. The Kier molecular flexibility index (Phi) is 4.39. The average molecular weight is 384 g/mol. The number of hydrogen-bond donors (Lipinski definition) is 1. The molecule has 1 aliphatic heterocycles. The van der Waals surface area contributed by atoms with E-state index in [0.717, 1.165) is 22.3 Å². The van der Waals surface area contributed by atoms with Gasteiger partial charge in [0.25, 0.3) is 0 Å². The smallest absolute Gasteiger partial charge is 0.350 e. The van der Waals surface area contributed by atoms with Gasteiger partial charge in [0.2, 0.25) is 0 Å². The van der Waals surface area contributed by atoms with Crippen LogP contribution in [-0.2, 0) is 4.84 Å². The molecule has 0 saturated carbocycles. The normalized spacial score (nSPS) is 19.2. The van der Waals surface area contributed by atoms with Crippen LogP contribution in [0.2, 0.25) is 0 Å². The summed E-state index contributed by atoms with van der Waals surface area (Å²) < 4.78 is 38.5. The topological polar surface area (TPSA) is 54.7 Å². The molecule has 4 rings (SSSR count).